The van der Waals surface area contributed by atoms with Crippen LogP contribution in [-0.2, 0) is 9.09 Å². The van der Waals surface area contributed by atoms with Crippen molar-refractivity contribution in [3.63, 3.8) is 0 Å². The Kier molecular flexibility index (Phi) is 8.38. The van der Waals surface area contributed by atoms with Crippen LogP contribution in [0.4, 0.5) is 0 Å². The van der Waals surface area contributed by atoms with E-state index in [2.05, 4.69) is 16.8 Å². The number of aromatic nitrogens is 2. The predicted molar refractivity (Wildman–Crippen MR) is 171 cm³/mol. The number of carbonyl (C=O) groups is 1. The normalized spacial score (nSPS) is 31.8. The molecule has 0 radical (unpaired) electrons. The minimum absolute atomic E-state index is 0.0695. The number of hydrogen-bond donors (Lipinski definition) is 1. The summed E-state index contributed by atoms with van der Waals surface area (Å²) >= 11 is 0. The van der Waals surface area contributed by atoms with Crippen LogP contribution < -0.4 is 11.0 Å². The standard InChI is InChI=1S/C35H44N3O5P/c1-23-16-24-18-25(17-23)20-29(19-24)37-27-10-7-11-28(37)22-30(21-27)38-32-13-6-5-12-31(32)36-34(35(38)40)44(41,42)43-15-14-33(39)26-8-3-2-4-9-26/h2-6,8-9,12-13,23-25,27-30H,7,10-11,14-22H2,1H3,(H,41,42)/t23?,24-,25+,27-,28+,29?,30?. The van der Waals surface area contributed by atoms with E-state index >= 15 is 0 Å². The van der Waals surface area contributed by atoms with Gasteiger partial charge < -0.3 is 14.0 Å². The number of piperidine rings is 2. The van der Waals surface area contributed by atoms with Crippen molar-refractivity contribution in [3.05, 3.63) is 70.5 Å². The van der Waals surface area contributed by atoms with Crippen LogP contribution in [0.3, 0.4) is 0 Å². The number of Topliss-reactive ketones (excluding diaryl/α,β-unsaturated/α-hetero) is 1. The summed E-state index contributed by atoms with van der Waals surface area (Å²) < 4.78 is 20.7. The molecule has 8 atom stereocenters. The Morgan fingerprint density at radius 3 is 2.25 bits per heavy atom. The quantitative estimate of drug-likeness (QED) is 0.235. The number of ketones is 1. The van der Waals surface area contributed by atoms with Crippen molar-refractivity contribution in [2.75, 3.05) is 6.61 Å². The molecule has 2 saturated heterocycles. The second-order valence-electron chi connectivity index (χ2n) is 14.0. The lowest BCUT2D eigenvalue weighted by molar-refractivity contribution is -0.0524. The monoisotopic (exact) mass is 617 g/mol. The topological polar surface area (TPSA) is 102 Å². The third-order valence-corrected chi connectivity index (χ3v) is 12.2. The lowest BCUT2D eigenvalue weighted by atomic mass is 9.65. The minimum atomic E-state index is -4.59. The van der Waals surface area contributed by atoms with Crippen molar-refractivity contribution >= 4 is 29.8 Å². The molecule has 9 heteroatoms. The molecule has 8 nitrogen and oxygen atoms in total. The molecule has 2 aliphatic carbocycles. The molecule has 1 aromatic heterocycles. The van der Waals surface area contributed by atoms with Gasteiger partial charge in [-0.15, -0.1) is 0 Å². The third kappa shape index (κ3) is 5.87. The highest BCUT2D eigenvalue weighted by molar-refractivity contribution is 7.60. The van der Waals surface area contributed by atoms with Gasteiger partial charge in [0.1, 0.15) is 0 Å². The van der Waals surface area contributed by atoms with Crippen LogP contribution in [0.15, 0.2) is 59.4 Å². The summed E-state index contributed by atoms with van der Waals surface area (Å²) in [6, 6.07) is 17.5. The molecule has 4 bridgehead atoms. The Hall–Kier alpha value is -2.64. The van der Waals surface area contributed by atoms with Gasteiger partial charge in [0.15, 0.2) is 5.78 Å². The predicted octanol–water partition coefficient (Wildman–Crippen LogP) is 6.27. The fraction of sp³-hybridized carbons (Fsp3) is 0.571. The van der Waals surface area contributed by atoms with Gasteiger partial charge >= 0.3 is 7.60 Å². The van der Waals surface area contributed by atoms with E-state index < -0.39 is 18.6 Å². The first kappa shape index (κ1) is 30.0. The van der Waals surface area contributed by atoms with Crippen molar-refractivity contribution in [2.45, 2.75) is 102 Å². The van der Waals surface area contributed by atoms with Gasteiger partial charge in [0.05, 0.1) is 17.6 Å². The van der Waals surface area contributed by atoms with E-state index in [4.69, 9.17) is 4.52 Å². The summed E-state index contributed by atoms with van der Waals surface area (Å²) in [6.07, 6.45) is 11.9. The summed E-state index contributed by atoms with van der Waals surface area (Å²) in [5.74, 6) is 2.35. The lowest BCUT2D eigenvalue weighted by Crippen LogP contribution is -2.59. The molecule has 0 amide bonds. The fourth-order valence-electron chi connectivity index (χ4n) is 9.37. The highest BCUT2D eigenvalue weighted by Gasteiger charge is 2.46. The van der Waals surface area contributed by atoms with E-state index in [0.29, 0.717) is 34.7 Å². The van der Waals surface area contributed by atoms with Crippen molar-refractivity contribution < 1.29 is 18.8 Å². The largest absolute Gasteiger partial charge is 0.382 e. The van der Waals surface area contributed by atoms with Crippen LogP contribution >= 0.6 is 7.60 Å². The number of fused-ring (bicyclic) bond motifs is 5. The molecule has 234 valence electrons. The number of carbonyl (C=O) groups excluding carboxylic acids is 1. The Balaban J connectivity index is 1.14. The second kappa shape index (κ2) is 12.3. The van der Waals surface area contributed by atoms with Crippen molar-refractivity contribution in [3.8, 4) is 0 Å². The molecule has 4 unspecified atom stereocenters. The Labute approximate surface area is 259 Å². The summed E-state index contributed by atoms with van der Waals surface area (Å²) in [5.41, 5.74) is 0.699. The first-order valence-electron chi connectivity index (χ1n) is 16.6. The molecule has 2 aliphatic heterocycles. The Morgan fingerprint density at radius 1 is 0.886 bits per heavy atom. The van der Waals surface area contributed by atoms with E-state index in [0.717, 1.165) is 43.4 Å². The summed E-state index contributed by atoms with van der Waals surface area (Å²) in [5, 5.41) is 0. The molecule has 3 aromatic rings. The van der Waals surface area contributed by atoms with Gasteiger partial charge in [-0.25, -0.2) is 4.98 Å². The van der Waals surface area contributed by atoms with Crippen LogP contribution in [0.25, 0.3) is 11.0 Å². The molecule has 2 aromatic carbocycles. The number of benzene rings is 2. The van der Waals surface area contributed by atoms with Gasteiger partial charge in [-0.1, -0.05) is 55.8 Å². The highest BCUT2D eigenvalue weighted by atomic mass is 31.2. The summed E-state index contributed by atoms with van der Waals surface area (Å²) in [7, 11) is -4.59. The maximum Gasteiger partial charge on any atom is 0.382 e. The molecule has 7 rings (SSSR count). The van der Waals surface area contributed by atoms with E-state index in [1.54, 1.807) is 34.9 Å². The Bertz CT molecular complexity index is 1590. The lowest BCUT2D eigenvalue weighted by Gasteiger charge is -2.55. The SMILES string of the molecule is CC1C[C@@H]2CC(N3[C@@H]4CCC[C@H]3CC(n3c(=O)c(P(=O)(O)OCCC(=O)c5ccccc5)nc5ccccc53)C4)C[C@H](C1)C2. The molecular weight excluding hydrogens is 573 g/mol. The van der Waals surface area contributed by atoms with Crippen LogP contribution in [0.2, 0.25) is 0 Å². The molecule has 3 heterocycles. The molecule has 1 N–H and O–H groups in total. The molecule has 4 fully saturated rings. The zero-order valence-corrected chi connectivity index (χ0v) is 26.5. The highest BCUT2D eigenvalue weighted by Crippen LogP contribution is 2.49. The third-order valence-electron chi connectivity index (χ3n) is 10.9. The summed E-state index contributed by atoms with van der Waals surface area (Å²) in [4.78, 5) is 44.9. The minimum Gasteiger partial charge on any atom is -0.320 e. The van der Waals surface area contributed by atoms with Crippen LogP contribution in [0, 0.1) is 17.8 Å². The van der Waals surface area contributed by atoms with Crippen LogP contribution in [0.1, 0.15) is 94.0 Å². The maximum atomic E-state index is 14.1. The summed E-state index contributed by atoms with van der Waals surface area (Å²) in [6.45, 7) is 2.14. The smallest absolute Gasteiger partial charge is 0.320 e. The zero-order chi connectivity index (χ0) is 30.4. The maximum absolute atomic E-state index is 14.1. The number of rotatable bonds is 8. The van der Waals surface area contributed by atoms with Crippen LogP contribution in [0.5, 0.6) is 0 Å². The van der Waals surface area contributed by atoms with Gasteiger partial charge in [0, 0.05) is 36.2 Å². The Morgan fingerprint density at radius 2 is 1.55 bits per heavy atom. The van der Waals surface area contributed by atoms with Crippen molar-refractivity contribution in [1.29, 1.82) is 0 Å². The average molecular weight is 618 g/mol. The van der Waals surface area contributed by atoms with E-state index in [1.807, 2.05) is 24.3 Å². The molecule has 4 aliphatic rings. The average Bonchev–Trinajstić information content (AvgIpc) is 2.99. The molecule has 2 saturated carbocycles. The van der Waals surface area contributed by atoms with Gasteiger partial charge in [-0.2, -0.15) is 0 Å². The fourth-order valence-corrected chi connectivity index (χ4v) is 10.4. The first-order valence-corrected chi connectivity index (χ1v) is 18.2. The molecule has 0 spiro atoms. The number of hydrogen-bond acceptors (Lipinski definition) is 6. The van der Waals surface area contributed by atoms with Gasteiger partial charge in [-0.05, 0) is 87.7 Å². The molecule has 44 heavy (non-hydrogen) atoms. The van der Waals surface area contributed by atoms with Gasteiger partial charge in [0.2, 0.25) is 5.44 Å². The number of nitrogens with zero attached hydrogens (tertiary/aromatic N) is 3. The molecular formula is C35H44N3O5P. The van der Waals surface area contributed by atoms with E-state index in [-0.39, 0.29) is 24.9 Å². The van der Waals surface area contributed by atoms with E-state index in [9.17, 15) is 19.0 Å². The first-order chi connectivity index (χ1) is 21.3. The number of para-hydroxylation sites is 2. The van der Waals surface area contributed by atoms with Crippen molar-refractivity contribution in [2.24, 2.45) is 17.8 Å². The van der Waals surface area contributed by atoms with Gasteiger partial charge in [0.25, 0.3) is 5.56 Å². The zero-order valence-electron chi connectivity index (χ0n) is 25.6. The van der Waals surface area contributed by atoms with E-state index in [1.165, 1.54) is 38.5 Å². The van der Waals surface area contributed by atoms with Gasteiger partial charge in [-0.3, -0.25) is 19.1 Å². The van der Waals surface area contributed by atoms with Crippen molar-refractivity contribution in [1.82, 2.24) is 14.5 Å². The second-order valence-corrected chi connectivity index (χ2v) is 15.7. The van der Waals surface area contributed by atoms with Crippen LogP contribution in [-0.4, -0.2) is 49.9 Å².